The highest BCUT2D eigenvalue weighted by atomic mass is 19.1. The van der Waals surface area contributed by atoms with Gasteiger partial charge in [-0.25, -0.2) is 9.18 Å². The third kappa shape index (κ3) is 3.67. The fourth-order valence-corrected chi connectivity index (χ4v) is 3.56. The lowest BCUT2D eigenvalue weighted by Gasteiger charge is -2.22. The van der Waals surface area contributed by atoms with Crippen molar-refractivity contribution >= 4 is 17.8 Å². The topological polar surface area (TPSA) is 61.8 Å². The van der Waals surface area contributed by atoms with Gasteiger partial charge in [-0.3, -0.25) is 4.79 Å². The van der Waals surface area contributed by atoms with E-state index in [9.17, 15) is 14.0 Å². The van der Waals surface area contributed by atoms with E-state index in [1.54, 1.807) is 12.1 Å². The number of Topliss-reactive ketones (excluding diaryl/α,β-unsaturated/α-hetero) is 1. The molecular weight excluding hydrogens is 411 g/mol. The van der Waals surface area contributed by atoms with Gasteiger partial charge in [-0.05, 0) is 67.1 Å². The molecule has 0 fully saturated rings. The van der Waals surface area contributed by atoms with Crippen LogP contribution in [0.25, 0.3) is 6.08 Å². The minimum absolute atomic E-state index is 0.170. The second-order valence-corrected chi connectivity index (χ2v) is 7.44. The molecular formula is C26H17FO5. The van der Waals surface area contributed by atoms with Crippen molar-refractivity contribution in [1.29, 1.82) is 0 Å². The molecule has 1 atom stereocenters. The molecule has 0 N–H and O–H groups in total. The van der Waals surface area contributed by atoms with Crippen LogP contribution in [0.5, 0.6) is 17.2 Å². The van der Waals surface area contributed by atoms with E-state index in [2.05, 4.69) is 0 Å². The molecule has 0 radical (unpaired) electrons. The van der Waals surface area contributed by atoms with Crippen molar-refractivity contribution in [3.05, 3.63) is 107 Å². The molecule has 0 saturated heterocycles. The summed E-state index contributed by atoms with van der Waals surface area (Å²) in [4.78, 5) is 25.1. The number of hydrogen-bond acceptors (Lipinski definition) is 5. The van der Waals surface area contributed by atoms with Gasteiger partial charge in [0.05, 0.1) is 11.1 Å². The van der Waals surface area contributed by atoms with Gasteiger partial charge in [-0.15, -0.1) is 0 Å². The largest absolute Gasteiger partial charge is 0.485 e. The van der Waals surface area contributed by atoms with E-state index in [0.717, 1.165) is 16.9 Å². The number of rotatable bonds is 3. The van der Waals surface area contributed by atoms with Gasteiger partial charge in [0.1, 0.15) is 29.2 Å². The SMILES string of the molecule is CC1Oc2ccccc2C=C1C=C1Oc2cc(OC(=O)c3ccc(F)cc3)ccc2C1=O. The molecule has 3 aromatic rings. The second-order valence-electron chi connectivity index (χ2n) is 7.44. The Kier molecular flexibility index (Phi) is 4.82. The van der Waals surface area contributed by atoms with Crippen molar-refractivity contribution in [3.63, 3.8) is 0 Å². The number of para-hydroxylation sites is 1. The number of hydrogen-bond donors (Lipinski definition) is 0. The van der Waals surface area contributed by atoms with Crippen LogP contribution in [0.1, 0.15) is 33.2 Å². The predicted molar refractivity (Wildman–Crippen MR) is 115 cm³/mol. The Hall–Kier alpha value is -4.19. The predicted octanol–water partition coefficient (Wildman–Crippen LogP) is 5.37. The van der Waals surface area contributed by atoms with Crippen LogP contribution in [0.3, 0.4) is 0 Å². The normalized spacial score (nSPS) is 17.7. The molecule has 3 aromatic carbocycles. The van der Waals surface area contributed by atoms with Gasteiger partial charge in [-0.2, -0.15) is 0 Å². The lowest BCUT2D eigenvalue weighted by Crippen LogP contribution is -2.18. The first kappa shape index (κ1) is 19.8. The van der Waals surface area contributed by atoms with Crippen molar-refractivity contribution in [3.8, 4) is 17.2 Å². The van der Waals surface area contributed by atoms with Crippen LogP contribution < -0.4 is 14.2 Å². The third-order valence-corrected chi connectivity index (χ3v) is 5.24. The number of carbonyl (C=O) groups excluding carboxylic acids is 2. The maximum atomic E-state index is 13.0. The molecule has 0 spiro atoms. The average Bonchev–Trinajstić information content (AvgIpc) is 3.09. The number of ether oxygens (including phenoxy) is 3. The van der Waals surface area contributed by atoms with Crippen LogP contribution in [0.2, 0.25) is 0 Å². The van der Waals surface area contributed by atoms with Gasteiger partial charge < -0.3 is 14.2 Å². The Labute approximate surface area is 183 Å². The summed E-state index contributed by atoms with van der Waals surface area (Å²) in [6.07, 6.45) is 3.39. The Balaban J connectivity index is 1.38. The Morgan fingerprint density at radius 3 is 2.62 bits per heavy atom. The number of allylic oxidation sites excluding steroid dienone is 1. The number of carbonyl (C=O) groups is 2. The van der Waals surface area contributed by atoms with E-state index in [1.807, 2.05) is 37.3 Å². The highest BCUT2D eigenvalue weighted by Crippen LogP contribution is 2.36. The molecule has 0 bridgehead atoms. The van der Waals surface area contributed by atoms with Crippen LogP contribution in [0, 0.1) is 5.82 Å². The van der Waals surface area contributed by atoms with Gasteiger partial charge in [0, 0.05) is 11.6 Å². The quantitative estimate of drug-likeness (QED) is 0.319. The van der Waals surface area contributed by atoms with Crippen LogP contribution in [0.4, 0.5) is 4.39 Å². The molecule has 5 rings (SSSR count). The molecule has 2 aliphatic heterocycles. The van der Waals surface area contributed by atoms with Gasteiger partial charge in [0.25, 0.3) is 0 Å². The minimum Gasteiger partial charge on any atom is -0.485 e. The van der Waals surface area contributed by atoms with Gasteiger partial charge in [-0.1, -0.05) is 18.2 Å². The van der Waals surface area contributed by atoms with E-state index >= 15 is 0 Å². The summed E-state index contributed by atoms with van der Waals surface area (Å²) in [5.41, 5.74) is 2.32. The molecule has 0 aliphatic carbocycles. The summed E-state index contributed by atoms with van der Waals surface area (Å²) in [6, 6.07) is 17.3. The van der Waals surface area contributed by atoms with Crippen LogP contribution >= 0.6 is 0 Å². The van der Waals surface area contributed by atoms with Gasteiger partial charge >= 0.3 is 5.97 Å². The summed E-state index contributed by atoms with van der Waals surface area (Å²) in [7, 11) is 0. The minimum atomic E-state index is -0.637. The zero-order chi connectivity index (χ0) is 22.2. The van der Waals surface area contributed by atoms with Crippen LogP contribution in [-0.4, -0.2) is 17.9 Å². The van der Waals surface area contributed by atoms with E-state index in [4.69, 9.17) is 14.2 Å². The number of halogens is 1. The van der Waals surface area contributed by atoms with Crippen molar-refractivity contribution in [2.24, 2.45) is 0 Å². The van der Waals surface area contributed by atoms with Crippen LogP contribution in [-0.2, 0) is 0 Å². The summed E-state index contributed by atoms with van der Waals surface area (Å²) >= 11 is 0. The summed E-state index contributed by atoms with van der Waals surface area (Å²) < 4.78 is 30.1. The summed E-state index contributed by atoms with van der Waals surface area (Å²) in [6.45, 7) is 1.90. The highest BCUT2D eigenvalue weighted by Gasteiger charge is 2.29. The molecule has 2 heterocycles. The number of benzene rings is 3. The van der Waals surface area contributed by atoms with E-state index in [1.165, 1.54) is 36.4 Å². The summed E-state index contributed by atoms with van der Waals surface area (Å²) in [5.74, 6) is 0.137. The van der Waals surface area contributed by atoms with E-state index in [-0.39, 0.29) is 29.0 Å². The molecule has 0 saturated carbocycles. The van der Waals surface area contributed by atoms with Gasteiger partial charge in [0.2, 0.25) is 5.78 Å². The van der Waals surface area contributed by atoms with Gasteiger partial charge in [0.15, 0.2) is 5.76 Å². The first-order chi connectivity index (χ1) is 15.5. The van der Waals surface area contributed by atoms with Crippen molar-refractivity contribution in [2.75, 3.05) is 0 Å². The maximum Gasteiger partial charge on any atom is 0.343 e. The molecule has 1 unspecified atom stereocenters. The van der Waals surface area contributed by atoms with Crippen molar-refractivity contribution in [2.45, 2.75) is 13.0 Å². The number of fused-ring (bicyclic) bond motifs is 2. The van der Waals surface area contributed by atoms with Crippen LogP contribution in [0.15, 0.2) is 84.1 Å². The smallest absolute Gasteiger partial charge is 0.343 e. The first-order valence-electron chi connectivity index (χ1n) is 10.0. The lowest BCUT2D eigenvalue weighted by atomic mass is 10.0. The zero-order valence-electron chi connectivity index (χ0n) is 17.0. The Morgan fingerprint density at radius 2 is 1.81 bits per heavy atom. The fourth-order valence-electron chi connectivity index (χ4n) is 3.56. The molecule has 6 heteroatoms. The number of esters is 1. The van der Waals surface area contributed by atoms with E-state index in [0.29, 0.717) is 11.3 Å². The standard InChI is InChI=1S/C26H17FO5/c1-15-18(12-17-4-2-3-5-22(17)30-15)13-24-25(28)21-11-10-20(14-23(21)32-24)31-26(29)16-6-8-19(27)9-7-16/h2-15H,1H3. The first-order valence-corrected chi connectivity index (χ1v) is 10.0. The molecule has 158 valence electrons. The molecule has 0 amide bonds. The monoisotopic (exact) mass is 428 g/mol. The maximum absolute atomic E-state index is 13.0. The third-order valence-electron chi connectivity index (χ3n) is 5.24. The molecule has 32 heavy (non-hydrogen) atoms. The Bertz CT molecular complexity index is 1300. The fraction of sp³-hybridized carbons (Fsp3) is 0.0769. The zero-order valence-corrected chi connectivity index (χ0v) is 17.0. The highest BCUT2D eigenvalue weighted by molar-refractivity contribution is 6.12. The van der Waals surface area contributed by atoms with E-state index < -0.39 is 11.8 Å². The van der Waals surface area contributed by atoms with Crippen molar-refractivity contribution < 1.29 is 28.2 Å². The average molecular weight is 428 g/mol. The molecule has 5 nitrogen and oxygen atoms in total. The molecule has 2 aliphatic rings. The Morgan fingerprint density at radius 1 is 1.03 bits per heavy atom. The lowest BCUT2D eigenvalue weighted by molar-refractivity contribution is 0.0734. The number of ketones is 1. The second kappa shape index (κ2) is 7.81. The summed E-state index contributed by atoms with van der Waals surface area (Å²) in [5, 5.41) is 0. The molecule has 0 aromatic heterocycles. The van der Waals surface area contributed by atoms with Crippen molar-refractivity contribution in [1.82, 2.24) is 0 Å².